The first-order valence-corrected chi connectivity index (χ1v) is 6.14. The number of terminal acetylenes is 1. The Hall–Kier alpha value is -1.78. The zero-order valence-corrected chi connectivity index (χ0v) is 10.2. The Morgan fingerprint density at radius 3 is 2.65 bits per heavy atom. The summed E-state index contributed by atoms with van der Waals surface area (Å²) in [5.41, 5.74) is -0.112. The monoisotopic (exact) mass is 256 g/mol. The maximum Gasteiger partial charge on any atom is 0.352 e. The van der Waals surface area contributed by atoms with E-state index in [0.717, 1.165) is 6.07 Å². The summed E-state index contributed by atoms with van der Waals surface area (Å²) >= 11 is 0. The number of carboxylic acids is 1. The van der Waals surface area contributed by atoms with Crippen molar-refractivity contribution in [3.8, 4) is 12.3 Å². The lowest BCUT2D eigenvalue weighted by molar-refractivity contribution is 0.0686. The second-order valence-electron chi connectivity index (χ2n) is 3.49. The van der Waals surface area contributed by atoms with Crippen molar-refractivity contribution < 1.29 is 18.3 Å². The highest BCUT2D eigenvalue weighted by molar-refractivity contribution is 7.89. The Morgan fingerprint density at radius 2 is 2.24 bits per heavy atom. The van der Waals surface area contributed by atoms with Crippen molar-refractivity contribution in [3.63, 3.8) is 0 Å². The number of aromatic nitrogens is 1. The zero-order valence-electron chi connectivity index (χ0n) is 9.34. The van der Waals surface area contributed by atoms with E-state index < -0.39 is 22.0 Å². The maximum absolute atomic E-state index is 11.8. The largest absolute Gasteiger partial charge is 0.477 e. The molecule has 2 N–H and O–H groups in total. The highest BCUT2D eigenvalue weighted by Gasteiger charge is 2.21. The molecule has 17 heavy (non-hydrogen) atoms. The molecule has 1 aromatic rings. The molecule has 0 radical (unpaired) electrons. The molecule has 0 saturated heterocycles. The third kappa shape index (κ3) is 2.87. The highest BCUT2D eigenvalue weighted by Crippen LogP contribution is 2.13. The van der Waals surface area contributed by atoms with Gasteiger partial charge in [0.1, 0.15) is 10.6 Å². The van der Waals surface area contributed by atoms with E-state index in [2.05, 4.69) is 10.6 Å². The molecule has 7 heteroatoms. The first-order chi connectivity index (χ1) is 7.77. The smallest absolute Gasteiger partial charge is 0.352 e. The average molecular weight is 256 g/mol. The SMILES string of the molecule is C#CC(C)NS(=O)(=O)c1cc(C(=O)O)n(C)c1. The van der Waals surface area contributed by atoms with Crippen LogP contribution >= 0.6 is 0 Å². The molecule has 0 fully saturated rings. The summed E-state index contributed by atoms with van der Waals surface area (Å²) in [5, 5.41) is 8.80. The van der Waals surface area contributed by atoms with Gasteiger partial charge in [0, 0.05) is 13.2 Å². The van der Waals surface area contributed by atoms with Gasteiger partial charge in [0.2, 0.25) is 10.0 Å². The van der Waals surface area contributed by atoms with Crippen molar-refractivity contribution in [1.82, 2.24) is 9.29 Å². The number of carboxylic acid groups (broad SMARTS) is 1. The van der Waals surface area contributed by atoms with E-state index in [1.54, 1.807) is 0 Å². The van der Waals surface area contributed by atoms with Gasteiger partial charge >= 0.3 is 5.97 Å². The van der Waals surface area contributed by atoms with Crippen LogP contribution in [0.1, 0.15) is 17.4 Å². The number of aryl methyl sites for hydroxylation is 1. The van der Waals surface area contributed by atoms with Crippen LogP contribution in [0, 0.1) is 12.3 Å². The van der Waals surface area contributed by atoms with Crippen LogP contribution in [0.25, 0.3) is 0 Å². The van der Waals surface area contributed by atoms with Crippen molar-refractivity contribution in [2.24, 2.45) is 7.05 Å². The van der Waals surface area contributed by atoms with Gasteiger partial charge < -0.3 is 9.67 Å². The lowest BCUT2D eigenvalue weighted by Crippen LogP contribution is -2.31. The lowest BCUT2D eigenvalue weighted by atomic mass is 10.4. The number of carbonyl (C=O) groups is 1. The third-order valence-corrected chi connectivity index (χ3v) is 3.60. The molecule has 0 bridgehead atoms. The van der Waals surface area contributed by atoms with Crippen molar-refractivity contribution in [3.05, 3.63) is 18.0 Å². The molecule has 1 atom stereocenters. The van der Waals surface area contributed by atoms with E-state index in [9.17, 15) is 13.2 Å². The minimum absolute atomic E-state index is 0.112. The Morgan fingerprint density at radius 1 is 1.65 bits per heavy atom. The number of aromatic carboxylic acids is 1. The van der Waals surface area contributed by atoms with E-state index >= 15 is 0 Å². The van der Waals surface area contributed by atoms with Gasteiger partial charge in [-0.05, 0) is 13.0 Å². The molecule has 92 valence electrons. The van der Waals surface area contributed by atoms with E-state index in [1.807, 2.05) is 0 Å². The zero-order chi connectivity index (χ0) is 13.2. The Bertz CT molecular complexity index is 580. The van der Waals surface area contributed by atoms with Gasteiger partial charge in [0.05, 0.1) is 6.04 Å². The number of hydrogen-bond donors (Lipinski definition) is 2. The van der Waals surface area contributed by atoms with Crippen LogP contribution in [-0.2, 0) is 17.1 Å². The number of rotatable bonds is 4. The molecule has 0 spiro atoms. The van der Waals surface area contributed by atoms with E-state index in [-0.39, 0.29) is 10.6 Å². The molecule has 0 amide bonds. The van der Waals surface area contributed by atoms with Crippen LogP contribution in [0.4, 0.5) is 0 Å². The van der Waals surface area contributed by atoms with Gasteiger partial charge in [-0.3, -0.25) is 0 Å². The molecule has 1 unspecified atom stereocenters. The summed E-state index contributed by atoms with van der Waals surface area (Å²) in [7, 11) is -2.33. The molecule has 0 aromatic carbocycles. The Balaban J connectivity index is 3.14. The molecule has 1 aromatic heterocycles. The summed E-state index contributed by atoms with van der Waals surface area (Å²) in [5.74, 6) is 1.03. The fourth-order valence-electron chi connectivity index (χ4n) is 1.23. The summed E-state index contributed by atoms with van der Waals surface area (Å²) in [6, 6.07) is 0.418. The number of sulfonamides is 1. The molecule has 0 aliphatic carbocycles. The first-order valence-electron chi connectivity index (χ1n) is 4.66. The van der Waals surface area contributed by atoms with E-state index in [1.165, 1.54) is 24.7 Å². The van der Waals surface area contributed by atoms with Crippen molar-refractivity contribution in [1.29, 1.82) is 0 Å². The van der Waals surface area contributed by atoms with Crippen LogP contribution in [-0.4, -0.2) is 30.1 Å². The molecule has 1 heterocycles. The van der Waals surface area contributed by atoms with Crippen molar-refractivity contribution >= 4 is 16.0 Å². The van der Waals surface area contributed by atoms with Crippen LogP contribution in [0.2, 0.25) is 0 Å². The van der Waals surface area contributed by atoms with Gasteiger partial charge in [-0.1, -0.05) is 5.92 Å². The Labute approximate surface area is 99.3 Å². The predicted octanol–water partition coefficient (Wildman–Crippen LogP) is 0.0233. The summed E-state index contributed by atoms with van der Waals surface area (Å²) < 4.78 is 27.0. The number of nitrogens with zero attached hydrogens (tertiary/aromatic N) is 1. The standard InChI is InChI=1S/C10H12N2O4S/c1-4-7(2)11-17(15,16)8-5-9(10(13)14)12(3)6-8/h1,5-7,11H,2-3H3,(H,13,14). The van der Waals surface area contributed by atoms with Crippen LogP contribution < -0.4 is 4.72 Å². The van der Waals surface area contributed by atoms with Gasteiger partial charge in [0.15, 0.2) is 0 Å². The molecule has 0 saturated carbocycles. The van der Waals surface area contributed by atoms with Gasteiger partial charge in [-0.15, -0.1) is 6.42 Å². The summed E-state index contributed by atoms with van der Waals surface area (Å²) in [4.78, 5) is 10.6. The molecule has 0 aliphatic heterocycles. The topological polar surface area (TPSA) is 88.4 Å². The molecule has 6 nitrogen and oxygen atoms in total. The van der Waals surface area contributed by atoms with Crippen LogP contribution in [0.15, 0.2) is 17.2 Å². The second-order valence-corrected chi connectivity index (χ2v) is 5.20. The average Bonchev–Trinajstić information content (AvgIpc) is 2.60. The van der Waals surface area contributed by atoms with Gasteiger partial charge in [-0.2, -0.15) is 4.72 Å². The maximum atomic E-state index is 11.8. The van der Waals surface area contributed by atoms with Crippen LogP contribution in [0.5, 0.6) is 0 Å². The van der Waals surface area contributed by atoms with Crippen molar-refractivity contribution in [2.75, 3.05) is 0 Å². The van der Waals surface area contributed by atoms with Gasteiger partial charge in [-0.25, -0.2) is 13.2 Å². The number of hydrogen-bond acceptors (Lipinski definition) is 3. The third-order valence-electron chi connectivity index (χ3n) is 2.09. The fourth-order valence-corrected chi connectivity index (χ4v) is 2.46. The summed E-state index contributed by atoms with van der Waals surface area (Å²) in [6.07, 6.45) is 6.28. The van der Waals surface area contributed by atoms with E-state index in [4.69, 9.17) is 11.5 Å². The van der Waals surface area contributed by atoms with Gasteiger partial charge in [0.25, 0.3) is 0 Å². The van der Waals surface area contributed by atoms with E-state index in [0.29, 0.717) is 0 Å². The lowest BCUT2D eigenvalue weighted by Gasteiger charge is -2.06. The molecular weight excluding hydrogens is 244 g/mol. The molecule has 0 aliphatic rings. The minimum Gasteiger partial charge on any atom is -0.477 e. The normalized spacial score (nSPS) is 13.0. The number of nitrogens with one attached hydrogen (secondary N) is 1. The van der Waals surface area contributed by atoms with Crippen LogP contribution in [0.3, 0.4) is 0 Å². The quantitative estimate of drug-likeness (QED) is 0.743. The summed E-state index contributed by atoms with van der Waals surface area (Å²) in [6.45, 7) is 1.51. The van der Waals surface area contributed by atoms with Crippen molar-refractivity contribution in [2.45, 2.75) is 17.9 Å². The molecule has 1 rings (SSSR count). The first kappa shape index (κ1) is 13.3. The highest BCUT2D eigenvalue weighted by atomic mass is 32.2. The predicted molar refractivity (Wildman–Crippen MR) is 61.0 cm³/mol. The minimum atomic E-state index is -3.78. The molecular formula is C10H12N2O4S. The Kier molecular flexibility index (Phi) is 3.60. The fraction of sp³-hybridized carbons (Fsp3) is 0.300. The second kappa shape index (κ2) is 4.61.